The highest BCUT2D eigenvalue weighted by atomic mass is 16.4. The Kier molecular flexibility index (Phi) is 1.81. The smallest absolute Gasteiger partial charge is 0.334 e. The van der Waals surface area contributed by atoms with Gasteiger partial charge in [-0.1, -0.05) is 0 Å². The first-order valence-electron chi connectivity index (χ1n) is 4.28. The zero-order valence-electron chi connectivity index (χ0n) is 7.21. The second-order valence-corrected chi connectivity index (χ2v) is 3.59. The van der Waals surface area contributed by atoms with Crippen LogP contribution in [0.3, 0.4) is 0 Å². The van der Waals surface area contributed by atoms with Gasteiger partial charge in [-0.2, -0.15) is 0 Å². The van der Waals surface area contributed by atoms with Gasteiger partial charge in [0, 0.05) is 0 Å². The Morgan fingerprint density at radius 3 is 2.36 bits per heavy atom. The number of aliphatic hydroxyl groups is 1. The summed E-state index contributed by atoms with van der Waals surface area (Å²) < 4.78 is 0. The first kappa shape index (κ1) is 9.14. The maximum absolute atomic E-state index is 11.3. The molecule has 0 aromatic carbocycles. The van der Waals surface area contributed by atoms with Crippen molar-refractivity contribution in [2.24, 2.45) is 11.8 Å². The van der Waals surface area contributed by atoms with Crippen molar-refractivity contribution in [3.8, 4) is 0 Å². The SMILES string of the molecule is O=C(O)C(O)CN1C(=O)C2CC2C1=O. The van der Waals surface area contributed by atoms with Crippen molar-refractivity contribution in [1.82, 2.24) is 4.90 Å². The zero-order chi connectivity index (χ0) is 10.5. The fourth-order valence-corrected chi connectivity index (χ4v) is 1.68. The quantitative estimate of drug-likeness (QED) is 0.536. The molecule has 2 amide bonds. The number of carbonyl (C=O) groups excluding carboxylic acids is 2. The van der Waals surface area contributed by atoms with Crippen LogP contribution in [0.15, 0.2) is 0 Å². The van der Waals surface area contributed by atoms with Crippen LogP contribution in [-0.2, 0) is 14.4 Å². The van der Waals surface area contributed by atoms with Gasteiger partial charge in [0.15, 0.2) is 6.10 Å². The van der Waals surface area contributed by atoms with Gasteiger partial charge in [-0.15, -0.1) is 0 Å². The van der Waals surface area contributed by atoms with Crippen molar-refractivity contribution in [3.63, 3.8) is 0 Å². The number of carboxylic acids is 1. The van der Waals surface area contributed by atoms with Crippen LogP contribution in [-0.4, -0.2) is 45.5 Å². The topological polar surface area (TPSA) is 94.9 Å². The number of aliphatic carboxylic acids is 1. The van der Waals surface area contributed by atoms with E-state index in [-0.39, 0.29) is 23.7 Å². The van der Waals surface area contributed by atoms with E-state index in [2.05, 4.69) is 0 Å². The van der Waals surface area contributed by atoms with Crippen molar-refractivity contribution >= 4 is 17.8 Å². The van der Waals surface area contributed by atoms with Crippen LogP contribution < -0.4 is 0 Å². The lowest BCUT2D eigenvalue weighted by Gasteiger charge is -2.17. The Bertz CT molecular complexity index is 306. The molecule has 0 aromatic rings. The first-order valence-corrected chi connectivity index (χ1v) is 4.28. The number of carbonyl (C=O) groups is 3. The molecule has 0 radical (unpaired) electrons. The molecule has 2 aliphatic rings. The molecule has 76 valence electrons. The molecule has 0 aromatic heterocycles. The summed E-state index contributed by atoms with van der Waals surface area (Å²) in [4.78, 5) is 33.8. The van der Waals surface area contributed by atoms with E-state index >= 15 is 0 Å². The van der Waals surface area contributed by atoms with Gasteiger partial charge in [-0.3, -0.25) is 14.5 Å². The Labute approximate surface area is 79.1 Å². The summed E-state index contributed by atoms with van der Waals surface area (Å²) in [6.07, 6.45) is -1.10. The van der Waals surface area contributed by atoms with Crippen LogP contribution in [0.2, 0.25) is 0 Å². The monoisotopic (exact) mass is 199 g/mol. The summed E-state index contributed by atoms with van der Waals surface area (Å²) in [6.45, 7) is -0.431. The summed E-state index contributed by atoms with van der Waals surface area (Å²) >= 11 is 0. The minimum Gasteiger partial charge on any atom is -0.479 e. The lowest BCUT2D eigenvalue weighted by atomic mass is 10.3. The molecule has 3 unspecified atom stereocenters. The normalized spacial score (nSPS) is 31.6. The van der Waals surface area contributed by atoms with Crippen molar-refractivity contribution in [2.45, 2.75) is 12.5 Å². The van der Waals surface area contributed by atoms with Crippen LogP contribution in [0.1, 0.15) is 6.42 Å². The van der Waals surface area contributed by atoms with E-state index in [9.17, 15) is 14.4 Å². The lowest BCUT2D eigenvalue weighted by Crippen LogP contribution is -2.41. The van der Waals surface area contributed by atoms with Gasteiger partial charge in [0.05, 0.1) is 18.4 Å². The molecule has 2 N–H and O–H groups in total. The largest absolute Gasteiger partial charge is 0.479 e. The second-order valence-electron chi connectivity index (χ2n) is 3.59. The van der Waals surface area contributed by atoms with Crippen LogP contribution in [0.5, 0.6) is 0 Å². The van der Waals surface area contributed by atoms with Gasteiger partial charge in [0.2, 0.25) is 11.8 Å². The number of hydrogen-bond acceptors (Lipinski definition) is 4. The van der Waals surface area contributed by atoms with Gasteiger partial charge < -0.3 is 10.2 Å². The van der Waals surface area contributed by atoms with E-state index in [1.165, 1.54) is 0 Å². The van der Waals surface area contributed by atoms with E-state index < -0.39 is 18.6 Å². The van der Waals surface area contributed by atoms with Crippen LogP contribution in [0.25, 0.3) is 0 Å². The molecule has 0 spiro atoms. The summed E-state index contributed by atoms with van der Waals surface area (Å²) in [6, 6.07) is 0. The van der Waals surface area contributed by atoms with Crippen molar-refractivity contribution < 1.29 is 24.6 Å². The summed E-state index contributed by atoms with van der Waals surface area (Å²) in [7, 11) is 0. The molecule has 3 atom stereocenters. The maximum atomic E-state index is 11.3. The van der Waals surface area contributed by atoms with E-state index in [4.69, 9.17) is 10.2 Å². The van der Waals surface area contributed by atoms with Crippen LogP contribution in [0, 0.1) is 11.8 Å². The number of hydrogen-bond donors (Lipinski definition) is 2. The fourth-order valence-electron chi connectivity index (χ4n) is 1.68. The number of nitrogens with zero attached hydrogens (tertiary/aromatic N) is 1. The Morgan fingerprint density at radius 2 is 1.93 bits per heavy atom. The van der Waals surface area contributed by atoms with Crippen molar-refractivity contribution in [1.29, 1.82) is 0 Å². The molecule has 14 heavy (non-hydrogen) atoms. The number of β-amino-alcohol motifs (C(OH)–C–C–N with tert-alkyl or cyclic N) is 1. The predicted octanol–water partition coefficient (Wildman–Crippen LogP) is -1.56. The van der Waals surface area contributed by atoms with E-state index in [0.29, 0.717) is 6.42 Å². The van der Waals surface area contributed by atoms with Crippen molar-refractivity contribution in [3.05, 3.63) is 0 Å². The number of imide groups is 1. The Balaban J connectivity index is 2.02. The van der Waals surface area contributed by atoms with E-state index in [1.54, 1.807) is 0 Å². The van der Waals surface area contributed by atoms with E-state index in [0.717, 1.165) is 4.90 Å². The molecule has 6 heteroatoms. The number of amides is 2. The molecule has 6 nitrogen and oxygen atoms in total. The molecule has 0 bridgehead atoms. The lowest BCUT2D eigenvalue weighted by molar-refractivity contribution is -0.151. The molecule has 1 aliphatic carbocycles. The molecule has 2 rings (SSSR count). The number of fused-ring (bicyclic) bond motifs is 1. The van der Waals surface area contributed by atoms with Crippen molar-refractivity contribution in [2.75, 3.05) is 6.54 Å². The van der Waals surface area contributed by atoms with Gasteiger partial charge in [-0.25, -0.2) is 4.79 Å². The average molecular weight is 199 g/mol. The molecular weight excluding hydrogens is 190 g/mol. The molecule has 1 heterocycles. The zero-order valence-corrected chi connectivity index (χ0v) is 7.21. The van der Waals surface area contributed by atoms with Crippen LogP contribution in [0.4, 0.5) is 0 Å². The number of aliphatic hydroxyl groups excluding tert-OH is 1. The summed E-state index contributed by atoms with van der Waals surface area (Å²) in [5, 5.41) is 17.4. The molecule has 1 saturated carbocycles. The third kappa shape index (κ3) is 1.19. The summed E-state index contributed by atoms with van der Waals surface area (Å²) in [5.41, 5.74) is 0. The minimum absolute atomic E-state index is 0.247. The highest BCUT2D eigenvalue weighted by Crippen LogP contribution is 2.46. The Morgan fingerprint density at radius 1 is 1.43 bits per heavy atom. The van der Waals surface area contributed by atoms with Crippen LogP contribution >= 0.6 is 0 Å². The third-order valence-electron chi connectivity index (χ3n) is 2.60. The number of piperidine rings is 1. The van der Waals surface area contributed by atoms with E-state index in [1.807, 2.05) is 0 Å². The highest BCUT2D eigenvalue weighted by Gasteiger charge is 2.59. The number of carboxylic acid groups (broad SMARTS) is 1. The van der Waals surface area contributed by atoms with Gasteiger partial charge in [-0.05, 0) is 6.42 Å². The third-order valence-corrected chi connectivity index (χ3v) is 2.60. The average Bonchev–Trinajstić information content (AvgIpc) is 2.86. The predicted molar refractivity (Wildman–Crippen MR) is 42.0 cm³/mol. The minimum atomic E-state index is -1.68. The summed E-state index contributed by atoms with van der Waals surface area (Å²) in [5.74, 6) is -2.61. The molecule has 1 aliphatic heterocycles. The fraction of sp³-hybridized carbons (Fsp3) is 0.625. The molecule has 2 fully saturated rings. The maximum Gasteiger partial charge on any atom is 0.334 e. The highest BCUT2D eigenvalue weighted by molar-refractivity contribution is 6.09. The number of rotatable bonds is 3. The molecule has 1 saturated heterocycles. The second kappa shape index (κ2) is 2.78. The van der Waals surface area contributed by atoms with Gasteiger partial charge in [0.1, 0.15) is 0 Å². The number of likely N-dealkylation sites (tertiary alicyclic amines) is 1. The Hall–Kier alpha value is -1.43. The standard InChI is InChI=1S/C8H9NO5/c10-5(8(13)14)2-9-6(11)3-1-4(3)7(9)12/h3-5,10H,1-2H2,(H,13,14). The first-order chi connectivity index (χ1) is 6.52. The molecular formula is C8H9NO5. The van der Waals surface area contributed by atoms with Gasteiger partial charge in [0.25, 0.3) is 0 Å². The van der Waals surface area contributed by atoms with Gasteiger partial charge >= 0.3 is 5.97 Å².